The van der Waals surface area contributed by atoms with Crippen molar-refractivity contribution in [2.45, 2.75) is 4.90 Å². The zero-order valence-electron chi connectivity index (χ0n) is 20.3. The Kier molecular flexibility index (Phi) is 6.63. The van der Waals surface area contributed by atoms with Crippen LogP contribution < -0.4 is 10.1 Å². The van der Waals surface area contributed by atoms with E-state index in [1.165, 1.54) is 12.1 Å². The van der Waals surface area contributed by atoms with E-state index in [0.717, 1.165) is 33.8 Å². The van der Waals surface area contributed by atoms with Gasteiger partial charge >= 0.3 is 0 Å². The average molecular weight is 526 g/mol. The van der Waals surface area contributed by atoms with E-state index < -0.39 is 20.6 Å². The maximum atomic E-state index is 12.8. The molecule has 1 heterocycles. The monoisotopic (exact) mass is 525 g/mol. The van der Waals surface area contributed by atoms with Crippen molar-refractivity contribution in [2.24, 2.45) is 12.1 Å². The second-order valence-corrected chi connectivity index (χ2v) is 10.2. The molecule has 0 unspecified atom stereocenters. The number of fused-ring (bicyclic) bond motifs is 1. The molecule has 0 fully saturated rings. The van der Waals surface area contributed by atoms with Crippen LogP contribution in [0.25, 0.3) is 22.2 Å². The van der Waals surface area contributed by atoms with E-state index in [-0.39, 0.29) is 10.6 Å². The van der Waals surface area contributed by atoms with E-state index in [1.807, 2.05) is 61.6 Å². The molecule has 1 aromatic heterocycles. The number of rotatable bonds is 8. The quantitative estimate of drug-likeness (QED) is 0.146. The lowest BCUT2D eigenvalue weighted by Crippen LogP contribution is -2.13. The van der Waals surface area contributed by atoms with Gasteiger partial charge in [0.25, 0.3) is 15.7 Å². The molecule has 0 atom stereocenters. The Labute approximate surface area is 219 Å². The Bertz CT molecular complexity index is 1770. The number of nitrogens with one attached hydrogen (secondary N) is 2. The first-order chi connectivity index (χ1) is 18.3. The molecule has 0 radical (unpaired) electrons. The summed E-state index contributed by atoms with van der Waals surface area (Å²) in [5.41, 5.74) is 6.52. The Morgan fingerprint density at radius 2 is 1.55 bits per heavy atom. The summed E-state index contributed by atoms with van der Waals surface area (Å²) in [5, 5.41) is 17.1. The van der Waals surface area contributed by atoms with E-state index >= 15 is 0 Å². The molecular formula is C28H23N5O4S. The topological polar surface area (TPSA) is 119 Å². The van der Waals surface area contributed by atoms with Crippen molar-refractivity contribution < 1.29 is 13.3 Å². The van der Waals surface area contributed by atoms with Crippen molar-refractivity contribution in [1.29, 1.82) is 0 Å². The third-order valence-electron chi connectivity index (χ3n) is 6.07. The van der Waals surface area contributed by atoms with Crippen LogP contribution in [0.2, 0.25) is 0 Å². The highest BCUT2D eigenvalue weighted by molar-refractivity contribution is 7.92. The summed E-state index contributed by atoms with van der Waals surface area (Å²) >= 11 is 0. The third-order valence-corrected chi connectivity index (χ3v) is 7.45. The Morgan fingerprint density at radius 1 is 0.895 bits per heavy atom. The third kappa shape index (κ3) is 4.84. The number of hydrogen-bond acceptors (Lipinski definition) is 6. The van der Waals surface area contributed by atoms with Gasteiger partial charge in [0.05, 0.1) is 21.7 Å². The van der Waals surface area contributed by atoms with Crippen molar-refractivity contribution in [3.05, 3.63) is 119 Å². The predicted molar refractivity (Wildman–Crippen MR) is 150 cm³/mol. The maximum absolute atomic E-state index is 12.8. The number of nitrogens with zero attached hydrogens (tertiary/aromatic N) is 3. The van der Waals surface area contributed by atoms with Crippen molar-refractivity contribution >= 4 is 44.2 Å². The second-order valence-electron chi connectivity index (χ2n) is 8.48. The molecule has 5 rings (SSSR count). The van der Waals surface area contributed by atoms with Gasteiger partial charge in [-0.1, -0.05) is 66.7 Å². The molecule has 2 N–H and O–H groups in total. The number of hydrazone groups is 1. The molecule has 9 nitrogen and oxygen atoms in total. The van der Waals surface area contributed by atoms with E-state index in [0.29, 0.717) is 5.69 Å². The standard InChI is InChI=1S/C28H23N5O4S/c1-32-26-15-9-8-14-23(26)24(28(32)20-10-4-2-5-11-20)19-29-30-25-17-16-22(18-27(25)33(34)35)38(36,37)31-21-12-6-3-7-13-21/h2-19,30-31H,1H3/b29-19+. The fourth-order valence-electron chi connectivity index (χ4n) is 4.31. The lowest BCUT2D eigenvalue weighted by molar-refractivity contribution is -0.384. The Morgan fingerprint density at radius 3 is 2.26 bits per heavy atom. The van der Waals surface area contributed by atoms with Crippen LogP contribution in [0.1, 0.15) is 5.56 Å². The highest BCUT2D eigenvalue weighted by Crippen LogP contribution is 2.32. The van der Waals surface area contributed by atoms with Crippen molar-refractivity contribution in [3.8, 4) is 11.3 Å². The van der Waals surface area contributed by atoms with Gasteiger partial charge in [0.15, 0.2) is 0 Å². The van der Waals surface area contributed by atoms with E-state index in [4.69, 9.17) is 0 Å². The Balaban J connectivity index is 1.48. The highest BCUT2D eigenvalue weighted by Gasteiger charge is 2.22. The van der Waals surface area contributed by atoms with Gasteiger partial charge in [0, 0.05) is 35.3 Å². The van der Waals surface area contributed by atoms with Crippen LogP contribution in [0.3, 0.4) is 0 Å². The SMILES string of the molecule is Cn1c(-c2ccccc2)c(/C=N/Nc2ccc(S(=O)(=O)Nc3ccccc3)cc2[N+](=O)[O-])c2ccccc21. The molecule has 0 aliphatic heterocycles. The molecule has 4 aromatic carbocycles. The number of para-hydroxylation sites is 2. The summed E-state index contributed by atoms with van der Waals surface area (Å²) < 4.78 is 30.1. The summed E-state index contributed by atoms with van der Waals surface area (Å²) in [6.07, 6.45) is 1.62. The predicted octanol–water partition coefficient (Wildman–Crippen LogP) is 6.00. The first-order valence-corrected chi connectivity index (χ1v) is 13.1. The van der Waals surface area contributed by atoms with Gasteiger partial charge in [-0.3, -0.25) is 20.3 Å². The minimum atomic E-state index is -4.03. The molecule has 190 valence electrons. The number of benzene rings is 4. The fraction of sp³-hybridized carbons (Fsp3) is 0.0357. The summed E-state index contributed by atoms with van der Waals surface area (Å²) in [5.74, 6) is 0. The summed E-state index contributed by atoms with van der Waals surface area (Å²) in [6.45, 7) is 0. The molecule has 0 bridgehead atoms. The number of anilines is 2. The van der Waals surface area contributed by atoms with Gasteiger partial charge < -0.3 is 4.57 Å². The minimum Gasteiger partial charge on any atom is -0.343 e. The molecule has 0 saturated carbocycles. The van der Waals surface area contributed by atoms with Crippen molar-refractivity contribution in [1.82, 2.24) is 4.57 Å². The van der Waals surface area contributed by atoms with Crippen LogP contribution >= 0.6 is 0 Å². The van der Waals surface area contributed by atoms with Crippen LogP contribution in [-0.2, 0) is 17.1 Å². The van der Waals surface area contributed by atoms with E-state index in [9.17, 15) is 18.5 Å². The number of nitro benzene ring substituents is 1. The smallest absolute Gasteiger partial charge is 0.295 e. The highest BCUT2D eigenvalue weighted by atomic mass is 32.2. The van der Waals surface area contributed by atoms with Gasteiger partial charge in [-0.15, -0.1) is 0 Å². The summed E-state index contributed by atoms with van der Waals surface area (Å²) in [4.78, 5) is 10.9. The summed E-state index contributed by atoms with van der Waals surface area (Å²) in [6, 6.07) is 29.7. The lowest BCUT2D eigenvalue weighted by atomic mass is 10.1. The minimum absolute atomic E-state index is 0.0615. The molecule has 0 aliphatic rings. The molecule has 0 aliphatic carbocycles. The summed E-state index contributed by atoms with van der Waals surface area (Å²) in [7, 11) is -2.06. The van der Waals surface area contributed by atoms with Gasteiger partial charge in [0.2, 0.25) is 0 Å². The second kappa shape index (κ2) is 10.2. The van der Waals surface area contributed by atoms with Gasteiger partial charge in [0.1, 0.15) is 5.69 Å². The molecule has 38 heavy (non-hydrogen) atoms. The van der Waals surface area contributed by atoms with Crippen LogP contribution in [-0.4, -0.2) is 24.1 Å². The number of sulfonamides is 1. The molecule has 0 spiro atoms. The van der Waals surface area contributed by atoms with Crippen LogP contribution in [0.15, 0.2) is 113 Å². The number of hydrogen-bond donors (Lipinski definition) is 2. The fourth-order valence-corrected chi connectivity index (χ4v) is 5.39. The molecule has 10 heteroatoms. The molecule has 0 amide bonds. The van der Waals surface area contributed by atoms with Crippen LogP contribution in [0, 0.1) is 10.1 Å². The van der Waals surface area contributed by atoms with Crippen molar-refractivity contribution in [3.63, 3.8) is 0 Å². The molecular weight excluding hydrogens is 502 g/mol. The molecule has 0 saturated heterocycles. The number of nitro groups is 1. The average Bonchev–Trinajstić information content (AvgIpc) is 3.21. The first-order valence-electron chi connectivity index (χ1n) is 11.6. The molecule has 5 aromatic rings. The normalized spacial score (nSPS) is 11.6. The lowest BCUT2D eigenvalue weighted by Gasteiger charge is -2.09. The number of aryl methyl sites for hydroxylation is 1. The Hall–Kier alpha value is -4.96. The van der Waals surface area contributed by atoms with Crippen LogP contribution in [0.4, 0.5) is 17.1 Å². The largest absolute Gasteiger partial charge is 0.343 e. The van der Waals surface area contributed by atoms with Gasteiger partial charge in [-0.2, -0.15) is 5.10 Å². The maximum Gasteiger partial charge on any atom is 0.295 e. The van der Waals surface area contributed by atoms with Crippen LogP contribution in [0.5, 0.6) is 0 Å². The van der Waals surface area contributed by atoms with Crippen molar-refractivity contribution in [2.75, 3.05) is 10.1 Å². The number of aromatic nitrogens is 1. The van der Waals surface area contributed by atoms with Gasteiger partial charge in [-0.05, 0) is 35.9 Å². The van der Waals surface area contributed by atoms with E-state index in [2.05, 4.69) is 19.8 Å². The van der Waals surface area contributed by atoms with E-state index in [1.54, 1.807) is 36.5 Å². The zero-order valence-corrected chi connectivity index (χ0v) is 21.1. The first kappa shape index (κ1) is 24.7. The zero-order chi connectivity index (χ0) is 26.7. The van der Waals surface area contributed by atoms with Gasteiger partial charge in [-0.25, -0.2) is 8.42 Å².